The molecule has 1 amide bonds. The van der Waals surface area contributed by atoms with Gasteiger partial charge in [-0.1, -0.05) is 6.07 Å². The average Bonchev–Trinajstić information content (AvgIpc) is 2.47. The fourth-order valence-corrected chi connectivity index (χ4v) is 2.68. The topological polar surface area (TPSA) is 98.7 Å². The van der Waals surface area contributed by atoms with Gasteiger partial charge in [-0.3, -0.25) is 4.79 Å². The maximum absolute atomic E-state index is 12.1. The lowest BCUT2D eigenvalue weighted by molar-refractivity contribution is -0.122. The number of para-hydroxylation sites is 1. The van der Waals surface area contributed by atoms with Gasteiger partial charge in [-0.2, -0.15) is 0 Å². The van der Waals surface area contributed by atoms with Crippen molar-refractivity contribution in [2.24, 2.45) is 11.7 Å². The van der Waals surface area contributed by atoms with Crippen LogP contribution in [0, 0.1) is 5.92 Å². The van der Waals surface area contributed by atoms with E-state index in [1.165, 1.54) is 0 Å². The van der Waals surface area contributed by atoms with E-state index in [1.54, 1.807) is 25.1 Å². The third-order valence-electron chi connectivity index (χ3n) is 3.78. The Kier molecular flexibility index (Phi) is 4.67. The number of amides is 1. The number of hydrogen-bond acceptors (Lipinski definition) is 5. The molecule has 6 nitrogen and oxygen atoms in total. The predicted octanol–water partition coefficient (Wildman–Crippen LogP) is 1.15. The monoisotopic (exact) mass is 291 g/mol. The lowest BCUT2D eigenvalue weighted by atomic mass is 9.95. The minimum atomic E-state index is -0.378. The summed E-state index contributed by atoms with van der Waals surface area (Å²) in [4.78, 5) is 25.3. The summed E-state index contributed by atoms with van der Waals surface area (Å²) >= 11 is 0. The second-order valence-electron chi connectivity index (χ2n) is 5.13. The maximum atomic E-state index is 12.1. The summed E-state index contributed by atoms with van der Waals surface area (Å²) in [5, 5.41) is 0. The first-order valence-corrected chi connectivity index (χ1v) is 7.14. The molecular formula is C15H21N3O3. The summed E-state index contributed by atoms with van der Waals surface area (Å²) in [6.45, 7) is 3.38. The van der Waals surface area contributed by atoms with Gasteiger partial charge in [0.1, 0.15) is 0 Å². The van der Waals surface area contributed by atoms with E-state index in [0.29, 0.717) is 49.5 Å². The van der Waals surface area contributed by atoms with Crippen molar-refractivity contribution in [1.82, 2.24) is 0 Å². The first kappa shape index (κ1) is 15.2. The van der Waals surface area contributed by atoms with Crippen LogP contribution in [0.2, 0.25) is 0 Å². The Hall–Kier alpha value is -2.24. The molecular weight excluding hydrogens is 270 g/mol. The quantitative estimate of drug-likeness (QED) is 0.640. The van der Waals surface area contributed by atoms with E-state index in [2.05, 4.69) is 0 Å². The van der Waals surface area contributed by atoms with Crippen LogP contribution in [0.4, 0.5) is 11.4 Å². The van der Waals surface area contributed by atoms with Gasteiger partial charge in [-0.15, -0.1) is 0 Å². The molecule has 0 aliphatic carbocycles. The molecule has 114 valence electrons. The second kappa shape index (κ2) is 6.47. The molecule has 0 atom stereocenters. The molecule has 21 heavy (non-hydrogen) atoms. The molecule has 0 saturated carbocycles. The Labute approximate surface area is 124 Å². The van der Waals surface area contributed by atoms with Gasteiger partial charge >= 0.3 is 5.97 Å². The van der Waals surface area contributed by atoms with Crippen LogP contribution in [-0.2, 0) is 9.53 Å². The van der Waals surface area contributed by atoms with Crippen LogP contribution < -0.4 is 16.4 Å². The fourth-order valence-electron chi connectivity index (χ4n) is 2.68. The van der Waals surface area contributed by atoms with E-state index < -0.39 is 0 Å². The summed E-state index contributed by atoms with van der Waals surface area (Å²) in [5.74, 6) is -0.740. The van der Waals surface area contributed by atoms with Gasteiger partial charge in [0, 0.05) is 19.0 Å². The third kappa shape index (κ3) is 3.26. The number of carbonyl (C=O) groups is 2. The number of benzene rings is 1. The molecule has 0 spiro atoms. The Balaban J connectivity index is 2.23. The number of nitrogens with zero attached hydrogens (tertiary/aromatic N) is 1. The summed E-state index contributed by atoms with van der Waals surface area (Å²) in [7, 11) is 0. The van der Waals surface area contributed by atoms with Crippen LogP contribution in [0.25, 0.3) is 0 Å². The smallest absolute Gasteiger partial charge is 0.340 e. The highest BCUT2D eigenvalue weighted by atomic mass is 16.5. The van der Waals surface area contributed by atoms with Crippen molar-refractivity contribution in [3.05, 3.63) is 23.8 Å². The molecule has 1 saturated heterocycles. The second-order valence-corrected chi connectivity index (χ2v) is 5.13. The third-order valence-corrected chi connectivity index (χ3v) is 3.78. The number of rotatable bonds is 4. The van der Waals surface area contributed by atoms with Gasteiger partial charge in [0.15, 0.2) is 0 Å². The highest BCUT2D eigenvalue weighted by molar-refractivity contribution is 5.99. The van der Waals surface area contributed by atoms with Crippen LogP contribution >= 0.6 is 0 Å². The van der Waals surface area contributed by atoms with E-state index in [1.807, 2.05) is 4.90 Å². The van der Waals surface area contributed by atoms with Crippen LogP contribution in [-0.4, -0.2) is 31.6 Å². The molecule has 1 aromatic rings. The number of esters is 1. The van der Waals surface area contributed by atoms with Crippen molar-refractivity contribution >= 4 is 23.3 Å². The summed E-state index contributed by atoms with van der Waals surface area (Å²) in [6.07, 6.45) is 1.35. The molecule has 0 radical (unpaired) electrons. The average molecular weight is 291 g/mol. The first-order valence-electron chi connectivity index (χ1n) is 7.14. The van der Waals surface area contributed by atoms with E-state index >= 15 is 0 Å². The predicted molar refractivity (Wildman–Crippen MR) is 80.9 cm³/mol. The largest absolute Gasteiger partial charge is 0.462 e. The SMILES string of the molecule is CCOC(=O)c1cccc(N)c1N1CCC(C(N)=O)CC1. The lowest BCUT2D eigenvalue weighted by Gasteiger charge is -2.34. The van der Waals surface area contributed by atoms with Gasteiger partial charge in [0.05, 0.1) is 23.5 Å². The van der Waals surface area contributed by atoms with E-state index in [9.17, 15) is 9.59 Å². The molecule has 6 heteroatoms. The number of primary amides is 1. The maximum Gasteiger partial charge on any atom is 0.340 e. The van der Waals surface area contributed by atoms with Crippen LogP contribution in [0.15, 0.2) is 18.2 Å². The molecule has 0 aromatic heterocycles. The molecule has 0 unspecified atom stereocenters. The Morgan fingerprint density at radius 1 is 1.33 bits per heavy atom. The van der Waals surface area contributed by atoms with Crippen molar-refractivity contribution in [3.8, 4) is 0 Å². The number of nitrogens with two attached hydrogens (primary N) is 2. The summed E-state index contributed by atoms with van der Waals surface area (Å²) < 4.78 is 5.08. The fraction of sp³-hybridized carbons (Fsp3) is 0.467. The number of ether oxygens (including phenoxy) is 1. The summed E-state index contributed by atoms with van der Waals surface area (Å²) in [6, 6.07) is 5.21. The number of anilines is 2. The van der Waals surface area contributed by atoms with Crippen LogP contribution in [0.3, 0.4) is 0 Å². The highest BCUT2D eigenvalue weighted by Gasteiger charge is 2.27. The first-order chi connectivity index (χ1) is 10.0. The molecule has 1 aliphatic heterocycles. The molecule has 1 aliphatic rings. The van der Waals surface area contributed by atoms with Crippen molar-refractivity contribution in [2.45, 2.75) is 19.8 Å². The van der Waals surface area contributed by atoms with Crippen LogP contribution in [0.1, 0.15) is 30.1 Å². The van der Waals surface area contributed by atoms with Gasteiger partial charge in [-0.25, -0.2) is 4.79 Å². The highest BCUT2D eigenvalue weighted by Crippen LogP contribution is 2.32. The summed E-state index contributed by atoms with van der Waals surface area (Å²) in [5.41, 5.74) is 13.1. The molecule has 2 rings (SSSR count). The van der Waals surface area contributed by atoms with Crippen molar-refractivity contribution in [1.29, 1.82) is 0 Å². The molecule has 4 N–H and O–H groups in total. The van der Waals surface area contributed by atoms with Gasteiger partial charge in [0.25, 0.3) is 0 Å². The Morgan fingerprint density at radius 2 is 2.00 bits per heavy atom. The van der Waals surface area contributed by atoms with Gasteiger partial charge in [-0.05, 0) is 31.9 Å². The lowest BCUT2D eigenvalue weighted by Crippen LogP contribution is -2.39. The molecule has 0 bridgehead atoms. The minimum absolute atomic E-state index is 0.0998. The zero-order valence-corrected chi connectivity index (χ0v) is 12.2. The molecule has 1 fully saturated rings. The van der Waals surface area contributed by atoms with Gasteiger partial charge in [0.2, 0.25) is 5.91 Å². The number of hydrogen-bond donors (Lipinski definition) is 2. The number of carbonyl (C=O) groups excluding carboxylic acids is 2. The van der Waals surface area contributed by atoms with Crippen molar-refractivity contribution in [2.75, 3.05) is 30.3 Å². The zero-order chi connectivity index (χ0) is 15.4. The van der Waals surface area contributed by atoms with Gasteiger partial charge < -0.3 is 21.1 Å². The number of piperidine rings is 1. The minimum Gasteiger partial charge on any atom is -0.462 e. The Morgan fingerprint density at radius 3 is 2.57 bits per heavy atom. The van der Waals surface area contributed by atoms with E-state index in [4.69, 9.17) is 16.2 Å². The molecule has 1 heterocycles. The standard InChI is InChI=1S/C15H21N3O3/c1-2-21-15(20)11-4-3-5-12(16)13(11)18-8-6-10(7-9-18)14(17)19/h3-5,10H,2,6-9,16H2,1H3,(H2,17,19). The van der Waals surface area contributed by atoms with Crippen LogP contribution in [0.5, 0.6) is 0 Å². The van der Waals surface area contributed by atoms with E-state index in [-0.39, 0.29) is 17.8 Å². The molecule has 1 aromatic carbocycles. The van der Waals surface area contributed by atoms with Crippen molar-refractivity contribution < 1.29 is 14.3 Å². The Bertz CT molecular complexity index is 537. The zero-order valence-electron chi connectivity index (χ0n) is 12.2. The number of nitrogen functional groups attached to an aromatic ring is 1. The van der Waals surface area contributed by atoms with E-state index in [0.717, 1.165) is 0 Å². The van der Waals surface area contributed by atoms with Crippen molar-refractivity contribution in [3.63, 3.8) is 0 Å². The normalized spacial score (nSPS) is 15.8.